The van der Waals surface area contributed by atoms with Gasteiger partial charge in [-0.25, -0.2) is 8.78 Å². The Morgan fingerprint density at radius 3 is 2.67 bits per heavy atom. The number of halogens is 2. The number of piperazine rings is 1. The maximum Gasteiger partial charge on any atom is 0.141 e. The van der Waals surface area contributed by atoms with Crippen molar-refractivity contribution in [2.75, 3.05) is 32.7 Å². The predicted molar refractivity (Wildman–Crippen MR) is 67.3 cm³/mol. The first-order chi connectivity index (χ1) is 8.66. The van der Waals surface area contributed by atoms with Crippen LogP contribution in [0.5, 0.6) is 0 Å². The molecule has 0 bridgehead atoms. The fourth-order valence-electron chi connectivity index (χ4n) is 1.87. The van der Waals surface area contributed by atoms with E-state index in [1.54, 1.807) is 6.92 Å². The highest BCUT2D eigenvalue weighted by atomic mass is 19.1. The van der Waals surface area contributed by atoms with E-state index in [1.165, 1.54) is 6.07 Å². The van der Waals surface area contributed by atoms with Crippen molar-refractivity contribution in [1.82, 2.24) is 10.2 Å². The van der Waals surface area contributed by atoms with Gasteiger partial charge in [-0.1, -0.05) is 11.8 Å². The lowest BCUT2D eigenvalue weighted by atomic mass is 10.1. The van der Waals surface area contributed by atoms with Gasteiger partial charge in [0.25, 0.3) is 0 Å². The molecule has 0 aliphatic carbocycles. The Kier molecular flexibility index (Phi) is 4.29. The molecule has 0 aromatic heterocycles. The van der Waals surface area contributed by atoms with Gasteiger partial charge in [0.1, 0.15) is 11.6 Å². The summed E-state index contributed by atoms with van der Waals surface area (Å²) >= 11 is 0. The molecule has 1 N–H and O–H groups in total. The SMILES string of the molecule is Cc1cc(C#CCN2CCNCC2)c(F)cc1F. The van der Waals surface area contributed by atoms with E-state index in [0.29, 0.717) is 12.1 Å². The van der Waals surface area contributed by atoms with Crippen molar-refractivity contribution in [2.45, 2.75) is 6.92 Å². The Morgan fingerprint density at radius 1 is 1.22 bits per heavy atom. The molecule has 0 spiro atoms. The van der Waals surface area contributed by atoms with Crippen molar-refractivity contribution in [3.63, 3.8) is 0 Å². The topological polar surface area (TPSA) is 15.3 Å². The minimum absolute atomic E-state index is 0.268. The molecule has 1 heterocycles. The first kappa shape index (κ1) is 13.0. The van der Waals surface area contributed by atoms with Crippen LogP contribution in [0.3, 0.4) is 0 Å². The summed E-state index contributed by atoms with van der Waals surface area (Å²) in [6, 6.07) is 2.35. The smallest absolute Gasteiger partial charge is 0.141 e. The lowest BCUT2D eigenvalue weighted by Gasteiger charge is -2.24. The Labute approximate surface area is 106 Å². The molecule has 1 saturated heterocycles. The zero-order valence-electron chi connectivity index (χ0n) is 10.4. The molecule has 2 rings (SSSR count). The monoisotopic (exact) mass is 250 g/mol. The largest absolute Gasteiger partial charge is 0.314 e. The third-order valence-corrected chi connectivity index (χ3v) is 2.98. The normalized spacial score (nSPS) is 16.2. The summed E-state index contributed by atoms with van der Waals surface area (Å²) < 4.78 is 26.5. The molecule has 96 valence electrons. The summed E-state index contributed by atoms with van der Waals surface area (Å²) in [5, 5.41) is 3.25. The molecule has 0 atom stereocenters. The quantitative estimate of drug-likeness (QED) is 0.760. The number of benzene rings is 1. The second-order valence-corrected chi connectivity index (χ2v) is 4.41. The molecule has 0 unspecified atom stereocenters. The average Bonchev–Trinajstić information content (AvgIpc) is 2.37. The highest BCUT2D eigenvalue weighted by Gasteiger charge is 2.07. The fraction of sp³-hybridized carbons (Fsp3) is 0.429. The lowest BCUT2D eigenvalue weighted by molar-refractivity contribution is 0.268. The van der Waals surface area contributed by atoms with Gasteiger partial charge in [-0.3, -0.25) is 4.90 Å². The van der Waals surface area contributed by atoms with Crippen LogP contribution >= 0.6 is 0 Å². The van der Waals surface area contributed by atoms with Gasteiger partial charge in [-0.2, -0.15) is 0 Å². The van der Waals surface area contributed by atoms with E-state index in [1.807, 2.05) is 0 Å². The molecule has 0 saturated carbocycles. The van der Waals surface area contributed by atoms with Crippen LogP contribution in [-0.2, 0) is 0 Å². The Morgan fingerprint density at radius 2 is 1.94 bits per heavy atom. The molecule has 18 heavy (non-hydrogen) atoms. The van der Waals surface area contributed by atoms with E-state index in [-0.39, 0.29) is 5.56 Å². The van der Waals surface area contributed by atoms with E-state index >= 15 is 0 Å². The van der Waals surface area contributed by atoms with E-state index in [2.05, 4.69) is 22.1 Å². The molecule has 1 aliphatic heterocycles. The van der Waals surface area contributed by atoms with E-state index in [0.717, 1.165) is 32.2 Å². The Hall–Kier alpha value is -1.44. The summed E-state index contributed by atoms with van der Waals surface area (Å²) in [5.41, 5.74) is 0.687. The van der Waals surface area contributed by atoms with Gasteiger partial charge < -0.3 is 5.32 Å². The molecule has 1 aromatic rings. The van der Waals surface area contributed by atoms with Gasteiger partial charge in [0.2, 0.25) is 0 Å². The van der Waals surface area contributed by atoms with Gasteiger partial charge >= 0.3 is 0 Å². The van der Waals surface area contributed by atoms with Crippen molar-refractivity contribution >= 4 is 0 Å². The van der Waals surface area contributed by atoms with Gasteiger partial charge in [-0.05, 0) is 18.6 Å². The number of nitrogens with zero attached hydrogens (tertiary/aromatic N) is 1. The molecule has 1 aromatic carbocycles. The Bertz CT molecular complexity index is 483. The van der Waals surface area contributed by atoms with Crippen LogP contribution in [-0.4, -0.2) is 37.6 Å². The molecule has 2 nitrogen and oxygen atoms in total. The number of aryl methyl sites for hydroxylation is 1. The maximum atomic E-state index is 13.4. The second-order valence-electron chi connectivity index (χ2n) is 4.41. The van der Waals surface area contributed by atoms with Gasteiger partial charge in [0.15, 0.2) is 0 Å². The number of hydrogen-bond acceptors (Lipinski definition) is 2. The third kappa shape index (κ3) is 3.28. The number of nitrogens with one attached hydrogen (secondary N) is 1. The van der Waals surface area contributed by atoms with Gasteiger partial charge in [-0.15, -0.1) is 0 Å². The van der Waals surface area contributed by atoms with Gasteiger partial charge in [0, 0.05) is 32.2 Å². The van der Waals surface area contributed by atoms with Crippen LogP contribution in [0.15, 0.2) is 12.1 Å². The van der Waals surface area contributed by atoms with Crippen molar-refractivity contribution in [2.24, 2.45) is 0 Å². The van der Waals surface area contributed by atoms with Crippen LogP contribution in [0.1, 0.15) is 11.1 Å². The van der Waals surface area contributed by atoms with Crippen LogP contribution < -0.4 is 5.32 Å². The molecular formula is C14H16F2N2. The minimum atomic E-state index is -0.592. The van der Waals surface area contributed by atoms with Crippen molar-refractivity contribution in [1.29, 1.82) is 0 Å². The molecule has 0 radical (unpaired) electrons. The molecule has 0 amide bonds. The molecule has 4 heteroatoms. The second kappa shape index (κ2) is 5.94. The van der Waals surface area contributed by atoms with Crippen molar-refractivity contribution in [3.05, 3.63) is 34.9 Å². The highest BCUT2D eigenvalue weighted by Crippen LogP contribution is 2.12. The lowest BCUT2D eigenvalue weighted by Crippen LogP contribution is -2.43. The fourth-order valence-corrected chi connectivity index (χ4v) is 1.87. The summed E-state index contributed by atoms with van der Waals surface area (Å²) in [4.78, 5) is 2.21. The summed E-state index contributed by atoms with van der Waals surface area (Å²) in [6.45, 7) is 6.07. The molecule has 1 fully saturated rings. The number of rotatable bonds is 1. The van der Waals surface area contributed by atoms with E-state index in [4.69, 9.17) is 0 Å². The van der Waals surface area contributed by atoms with E-state index in [9.17, 15) is 8.78 Å². The first-order valence-corrected chi connectivity index (χ1v) is 6.04. The van der Waals surface area contributed by atoms with E-state index < -0.39 is 11.6 Å². The summed E-state index contributed by atoms with van der Waals surface area (Å²) in [6.07, 6.45) is 0. The van der Waals surface area contributed by atoms with Crippen molar-refractivity contribution in [3.8, 4) is 11.8 Å². The average molecular weight is 250 g/mol. The molecule has 1 aliphatic rings. The van der Waals surface area contributed by atoms with Crippen LogP contribution in [0.4, 0.5) is 8.78 Å². The van der Waals surface area contributed by atoms with Crippen LogP contribution in [0.2, 0.25) is 0 Å². The highest BCUT2D eigenvalue weighted by molar-refractivity contribution is 5.38. The van der Waals surface area contributed by atoms with Crippen molar-refractivity contribution < 1.29 is 8.78 Å². The summed E-state index contributed by atoms with van der Waals surface area (Å²) in [5.74, 6) is 4.60. The first-order valence-electron chi connectivity index (χ1n) is 6.04. The standard InChI is InChI=1S/C14H16F2N2/c1-11-9-12(14(16)10-13(11)15)3-2-6-18-7-4-17-5-8-18/h9-10,17H,4-8H2,1H3. The molecular weight excluding hydrogens is 234 g/mol. The van der Waals surface area contributed by atoms with Gasteiger partial charge in [0.05, 0.1) is 12.1 Å². The minimum Gasteiger partial charge on any atom is -0.314 e. The maximum absolute atomic E-state index is 13.4. The van der Waals surface area contributed by atoms with Crippen LogP contribution in [0.25, 0.3) is 0 Å². The zero-order valence-corrected chi connectivity index (χ0v) is 10.4. The Balaban J connectivity index is 2.03. The third-order valence-electron chi connectivity index (χ3n) is 2.98. The van der Waals surface area contributed by atoms with Crippen LogP contribution in [0, 0.1) is 30.4 Å². The summed E-state index contributed by atoms with van der Waals surface area (Å²) in [7, 11) is 0. The number of hydrogen-bond donors (Lipinski definition) is 1. The predicted octanol–water partition coefficient (Wildman–Crippen LogP) is 1.53. The zero-order chi connectivity index (χ0) is 13.0.